The molecule has 5 atom stereocenters. The summed E-state index contributed by atoms with van der Waals surface area (Å²) in [7, 11) is 0. The molecule has 540 valence electrons. The maximum atomic E-state index is 12.5. The molecular weight excluding hydrogens is 1320 g/mol. The first-order chi connectivity index (χ1) is 49.0. The number of ether oxygens (including phenoxy) is 4. The van der Waals surface area contributed by atoms with Crippen LogP contribution in [0.4, 0.5) is 5.69 Å². The van der Waals surface area contributed by atoms with E-state index in [1.807, 2.05) is 149 Å². The second-order valence-corrected chi connectivity index (χ2v) is 24.1. The highest BCUT2D eigenvalue weighted by Gasteiger charge is 2.25. The zero-order chi connectivity index (χ0) is 74.0. The standard InChI is InChI=1S/C21H26N2O3.C19H22N2O4.C19H22N2O3.C18H21N3O5S/c1-15(2)20(21(25)22-13-17-11-9-16(3)10-12-17)23-19(24)14-26-18-7-5-4-6-8-18;1-14(21-18(23)13-25-17-5-3-2-4-6-17)19(24)20-11-15-7-9-16(12-22)10-8-15;1-14-7-6-8-16(11-14)12-20-19(23)15(2)21-18(22)13-24-17-9-4-3-5-10-17;1-13(20-17(22)12-26-16-5-3-2-4-6-16)18(23)19-11-14-7-9-15(10-8-14)21-27(24)25/h4-12,15,20H,13-14H2,1-3H3,(H,22,25)(H,23,24);2-10,14,22H,11-13H2,1H3,(H,20,24)(H,21,23);3-11,15H,12-13H2,1-2H3,(H,20,23)(H,21,22);2-10,13,21H,11-12H2,1H3,(H,19,23)(H,20,22)(H,24,25)/p-1. The molecule has 0 heterocycles. The molecule has 0 radical (unpaired) electrons. The molecule has 10 N–H and O–H groups in total. The van der Waals surface area contributed by atoms with E-state index >= 15 is 0 Å². The first kappa shape index (κ1) is 81.3. The Bertz CT molecular complexity index is 3880. The summed E-state index contributed by atoms with van der Waals surface area (Å²) in [5.41, 5.74) is 7.30. The summed E-state index contributed by atoms with van der Waals surface area (Å²) in [6.07, 6.45) is 0. The molecule has 8 amide bonds. The van der Waals surface area contributed by atoms with Crippen LogP contribution in [0.2, 0.25) is 0 Å². The van der Waals surface area contributed by atoms with Crippen LogP contribution >= 0.6 is 0 Å². The van der Waals surface area contributed by atoms with Crippen molar-refractivity contribution in [2.24, 2.45) is 5.92 Å². The minimum Gasteiger partial charge on any atom is -0.755 e. The van der Waals surface area contributed by atoms with Gasteiger partial charge < -0.3 is 75.9 Å². The zero-order valence-corrected chi connectivity index (χ0v) is 58.9. The van der Waals surface area contributed by atoms with Gasteiger partial charge in [0.05, 0.1) is 6.61 Å². The maximum absolute atomic E-state index is 12.5. The highest BCUT2D eigenvalue weighted by Crippen LogP contribution is 2.14. The van der Waals surface area contributed by atoms with Crippen molar-refractivity contribution >= 4 is 64.2 Å². The molecule has 0 aliphatic heterocycles. The van der Waals surface area contributed by atoms with Gasteiger partial charge in [0.1, 0.15) is 47.2 Å². The number of nitrogens with one attached hydrogen (secondary N) is 9. The molecule has 25 heteroatoms. The van der Waals surface area contributed by atoms with E-state index in [2.05, 4.69) is 47.3 Å². The van der Waals surface area contributed by atoms with Gasteiger partial charge >= 0.3 is 0 Å². The van der Waals surface area contributed by atoms with Crippen molar-refractivity contribution in [1.29, 1.82) is 0 Å². The second kappa shape index (κ2) is 45.3. The van der Waals surface area contributed by atoms with Gasteiger partial charge in [-0.1, -0.05) is 183 Å². The third-order valence-corrected chi connectivity index (χ3v) is 14.9. The van der Waals surface area contributed by atoms with Crippen molar-refractivity contribution in [3.63, 3.8) is 0 Å². The van der Waals surface area contributed by atoms with Crippen LogP contribution in [-0.2, 0) is 82.4 Å². The summed E-state index contributed by atoms with van der Waals surface area (Å²) in [5.74, 6) is -0.102. The number of amides is 8. The molecule has 8 aromatic carbocycles. The molecule has 0 aliphatic rings. The Morgan fingerprint density at radius 2 is 0.686 bits per heavy atom. The number of hydrogen-bond donors (Lipinski definition) is 10. The lowest BCUT2D eigenvalue weighted by atomic mass is 10.0. The highest BCUT2D eigenvalue weighted by molar-refractivity contribution is 7.80. The summed E-state index contributed by atoms with van der Waals surface area (Å²) in [5, 5.41) is 30.7. The Hall–Kier alpha value is -11.4. The predicted molar refractivity (Wildman–Crippen MR) is 388 cm³/mol. The fourth-order valence-corrected chi connectivity index (χ4v) is 9.19. The molecule has 5 unspecified atom stereocenters. The third-order valence-electron chi connectivity index (χ3n) is 14.5. The largest absolute Gasteiger partial charge is 0.755 e. The van der Waals surface area contributed by atoms with E-state index in [-0.39, 0.29) is 86.8 Å². The van der Waals surface area contributed by atoms with Crippen LogP contribution in [0.1, 0.15) is 73.6 Å². The number of rotatable bonds is 32. The van der Waals surface area contributed by atoms with Crippen molar-refractivity contribution in [3.05, 3.63) is 257 Å². The molecule has 8 rings (SSSR count). The number of aryl methyl sites for hydroxylation is 2. The van der Waals surface area contributed by atoms with Gasteiger partial charge in [-0.2, -0.15) is 0 Å². The van der Waals surface area contributed by atoms with Crippen molar-refractivity contribution in [2.45, 2.75) is 105 Å². The average molecular weight is 1410 g/mol. The van der Waals surface area contributed by atoms with Crippen LogP contribution in [0.5, 0.6) is 23.0 Å². The van der Waals surface area contributed by atoms with E-state index in [4.69, 9.17) is 24.1 Å². The predicted octanol–water partition coefficient (Wildman–Crippen LogP) is 7.50. The molecule has 0 spiro atoms. The molecule has 0 saturated heterocycles. The fraction of sp³-hybridized carbons (Fsp3) is 0.273. The van der Waals surface area contributed by atoms with Gasteiger partial charge in [-0.15, -0.1) is 0 Å². The van der Waals surface area contributed by atoms with Crippen LogP contribution in [0.3, 0.4) is 0 Å². The van der Waals surface area contributed by atoms with Crippen LogP contribution in [0.25, 0.3) is 0 Å². The van der Waals surface area contributed by atoms with Crippen LogP contribution in [0, 0.1) is 19.8 Å². The van der Waals surface area contributed by atoms with E-state index in [0.717, 1.165) is 33.4 Å². The third kappa shape index (κ3) is 33.4. The van der Waals surface area contributed by atoms with Crippen molar-refractivity contribution in [1.82, 2.24) is 42.5 Å². The fourth-order valence-electron chi connectivity index (χ4n) is 8.86. The van der Waals surface area contributed by atoms with Crippen molar-refractivity contribution < 1.29 is 71.2 Å². The summed E-state index contributed by atoms with van der Waals surface area (Å²) in [4.78, 5) is 96.3. The van der Waals surface area contributed by atoms with E-state index in [1.165, 1.54) is 5.56 Å². The molecule has 0 aliphatic carbocycles. The first-order valence-electron chi connectivity index (χ1n) is 32.8. The van der Waals surface area contributed by atoms with Gasteiger partial charge in [0.25, 0.3) is 23.6 Å². The van der Waals surface area contributed by atoms with E-state index in [1.54, 1.807) is 118 Å². The van der Waals surface area contributed by atoms with Gasteiger partial charge in [0, 0.05) is 43.1 Å². The molecule has 0 fully saturated rings. The van der Waals surface area contributed by atoms with Gasteiger partial charge in [-0.05, 0) is 129 Å². The first-order valence-corrected chi connectivity index (χ1v) is 33.8. The van der Waals surface area contributed by atoms with E-state index in [0.29, 0.717) is 48.3 Å². The number of hydrogen-bond acceptors (Lipinski definition) is 15. The molecule has 0 bridgehead atoms. The number of aliphatic hydroxyl groups excluding tert-OH is 1. The monoisotopic (exact) mass is 1410 g/mol. The van der Waals surface area contributed by atoms with Crippen LogP contribution in [-0.4, -0.2) is 112 Å². The minimum atomic E-state index is -2.38. The lowest BCUT2D eigenvalue weighted by molar-refractivity contribution is -0.131. The smallest absolute Gasteiger partial charge is 0.258 e. The highest BCUT2D eigenvalue weighted by atomic mass is 32.2. The lowest BCUT2D eigenvalue weighted by Gasteiger charge is -2.22. The van der Waals surface area contributed by atoms with Gasteiger partial charge in [0.2, 0.25) is 23.6 Å². The molecular formula is C77H90N9O15S-. The number of benzene rings is 8. The number of para-hydroxylation sites is 4. The Kier molecular flexibility index (Phi) is 36.1. The molecule has 0 saturated carbocycles. The van der Waals surface area contributed by atoms with Crippen LogP contribution < -0.4 is 66.2 Å². The molecule has 8 aromatic rings. The Morgan fingerprint density at radius 1 is 0.373 bits per heavy atom. The quantitative estimate of drug-likeness (QED) is 0.0183. The minimum absolute atomic E-state index is 0.0131. The Morgan fingerprint density at radius 3 is 1.02 bits per heavy atom. The molecule has 24 nitrogen and oxygen atoms in total. The Labute approximate surface area is 597 Å². The van der Waals surface area contributed by atoms with E-state index < -0.39 is 41.3 Å². The lowest BCUT2D eigenvalue weighted by Crippen LogP contribution is -2.50. The Balaban J connectivity index is 0.000000245. The van der Waals surface area contributed by atoms with Gasteiger partial charge in [-0.25, -0.2) is 0 Å². The van der Waals surface area contributed by atoms with Crippen LogP contribution in [0.15, 0.2) is 218 Å². The second-order valence-electron chi connectivity index (χ2n) is 23.4. The summed E-state index contributed by atoms with van der Waals surface area (Å²) in [6.45, 7) is 13.5. The maximum Gasteiger partial charge on any atom is 0.258 e. The van der Waals surface area contributed by atoms with Gasteiger partial charge in [0.15, 0.2) is 26.4 Å². The number of carbonyl (C=O) groups excluding carboxylic acids is 8. The number of carbonyl (C=O) groups is 8. The van der Waals surface area contributed by atoms with Crippen molar-refractivity contribution in [2.75, 3.05) is 31.1 Å². The van der Waals surface area contributed by atoms with E-state index in [9.17, 15) is 47.1 Å². The summed E-state index contributed by atoms with van der Waals surface area (Å²) < 4.78 is 44.8. The van der Waals surface area contributed by atoms with Gasteiger partial charge in [-0.3, -0.25) is 42.6 Å². The average Bonchev–Trinajstić information content (AvgIpc) is 0.932. The SMILES string of the molecule is CC(NC(=O)COc1ccccc1)C(=O)NCc1ccc(CO)cc1.CC(NC(=O)COc1ccccc1)C(=O)NCc1ccc(NS(=O)[O-])cc1.Cc1ccc(CNC(=O)C(NC(=O)COc2ccccc2)C(C)C)cc1.Cc1cccc(CNC(=O)C(C)NC(=O)COc2ccccc2)c1. The van der Waals surface area contributed by atoms with Crippen molar-refractivity contribution in [3.8, 4) is 23.0 Å². The summed E-state index contributed by atoms with van der Waals surface area (Å²) in [6, 6.07) is 63.2. The summed E-state index contributed by atoms with van der Waals surface area (Å²) >= 11 is -2.38. The number of aliphatic hydroxyl groups is 1. The number of anilines is 1. The zero-order valence-electron chi connectivity index (χ0n) is 58.1. The normalized spacial score (nSPS) is 11.8. The topological polar surface area (TPSA) is 342 Å². The molecule has 102 heavy (non-hydrogen) atoms. The molecule has 0 aromatic heterocycles.